The summed E-state index contributed by atoms with van der Waals surface area (Å²) in [4.78, 5) is 2.44. The lowest BCUT2D eigenvalue weighted by molar-refractivity contribution is 0.424. The van der Waals surface area contributed by atoms with Crippen LogP contribution in [0.15, 0.2) is 30.3 Å². The molecule has 1 fully saturated rings. The number of nitrogens with zero attached hydrogens (tertiary/aromatic N) is 1. The van der Waals surface area contributed by atoms with Gasteiger partial charge in [-0.05, 0) is 25.0 Å². The highest BCUT2D eigenvalue weighted by molar-refractivity contribution is 7.84. The van der Waals surface area contributed by atoms with Crippen molar-refractivity contribution in [1.29, 1.82) is 0 Å². The lowest BCUT2D eigenvalue weighted by Crippen LogP contribution is -2.43. The standard InChI is InChI=1S/C14H22N2OS/c1-18(17)12-9-15-13-7-10-16(11-8-13)14-5-3-2-4-6-14/h2-6,13,15H,7-12H2,1H3. The average Bonchev–Trinajstić information content (AvgIpc) is 2.40. The summed E-state index contributed by atoms with van der Waals surface area (Å²) >= 11 is 0. The van der Waals surface area contributed by atoms with Crippen LogP contribution in [-0.2, 0) is 10.8 Å². The summed E-state index contributed by atoms with van der Waals surface area (Å²) in [6.45, 7) is 3.09. The first-order chi connectivity index (χ1) is 8.75. The molecule has 0 bridgehead atoms. The zero-order chi connectivity index (χ0) is 12.8. The minimum atomic E-state index is -0.680. The first-order valence-electron chi connectivity index (χ1n) is 6.59. The van der Waals surface area contributed by atoms with Crippen LogP contribution in [0.5, 0.6) is 0 Å². The maximum absolute atomic E-state index is 11.0. The van der Waals surface area contributed by atoms with E-state index in [0.717, 1.165) is 25.4 Å². The van der Waals surface area contributed by atoms with E-state index in [9.17, 15) is 4.21 Å². The van der Waals surface area contributed by atoms with Gasteiger partial charge < -0.3 is 10.2 Å². The highest BCUT2D eigenvalue weighted by atomic mass is 32.2. The highest BCUT2D eigenvalue weighted by Gasteiger charge is 2.18. The summed E-state index contributed by atoms with van der Waals surface area (Å²) in [6.07, 6.45) is 4.11. The van der Waals surface area contributed by atoms with E-state index < -0.39 is 10.8 Å². The molecule has 4 heteroatoms. The van der Waals surface area contributed by atoms with Gasteiger partial charge in [-0.2, -0.15) is 0 Å². The van der Waals surface area contributed by atoms with Gasteiger partial charge in [-0.15, -0.1) is 0 Å². The Balaban J connectivity index is 1.73. The van der Waals surface area contributed by atoms with Crippen molar-refractivity contribution in [3.63, 3.8) is 0 Å². The second kappa shape index (κ2) is 6.90. The van der Waals surface area contributed by atoms with Gasteiger partial charge in [-0.3, -0.25) is 4.21 Å². The molecular formula is C14H22N2OS. The van der Waals surface area contributed by atoms with E-state index in [1.165, 1.54) is 18.5 Å². The molecule has 1 aliphatic heterocycles. The third kappa shape index (κ3) is 4.10. The molecule has 1 N–H and O–H groups in total. The van der Waals surface area contributed by atoms with Crippen molar-refractivity contribution >= 4 is 16.5 Å². The molecule has 1 saturated heterocycles. The second-order valence-electron chi connectivity index (χ2n) is 4.83. The van der Waals surface area contributed by atoms with Crippen molar-refractivity contribution in [2.75, 3.05) is 36.5 Å². The van der Waals surface area contributed by atoms with Gasteiger partial charge in [-0.25, -0.2) is 0 Å². The van der Waals surface area contributed by atoms with E-state index in [1.807, 2.05) is 0 Å². The molecule has 1 heterocycles. The monoisotopic (exact) mass is 266 g/mol. The predicted octanol–water partition coefficient (Wildman–Crippen LogP) is 1.62. The Hall–Kier alpha value is -0.870. The molecule has 2 rings (SSSR count). The Bertz CT molecular complexity index is 375. The average molecular weight is 266 g/mol. The number of piperidine rings is 1. The Morgan fingerprint density at radius 3 is 2.56 bits per heavy atom. The summed E-state index contributed by atoms with van der Waals surface area (Å²) < 4.78 is 11.0. The van der Waals surface area contributed by atoms with Gasteiger partial charge in [0.15, 0.2) is 0 Å². The SMILES string of the molecule is CS(=O)CCNC1CCN(c2ccccc2)CC1. The van der Waals surface area contributed by atoms with Gasteiger partial charge in [-0.1, -0.05) is 18.2 Å². The first-order valence-corrected chi connectivity index (χ1v) is 8.32. The lowest BCUT2D eigenvalue weighted by atomic mass is 10.0. The first kappa shape index (κ1) is 13.6. The summed E-state index contributed by atoms with van der Waals surface area (Å²) in [6, 6.07) is 11.2. The summed E-state index contributed by atoms with van der Waals surface area (Å²) in [5, 5.41) is 3.51. The molecule has 0 aliphatic carbocycles. The fraction of sp³-hybridized carbons (Fsp3) is 0.571. The van der Waals surface area contributed by atoms with Crippen molar-refractivity contribution in [3.05, 3.63) is 30.3 Å². The summed E-state index contributed by atoms with van der Waals surface area (Å²) in [5.41, 5.74) is 1.32. The third-order valence-corrected chi connectivity index (χ3v) is 4.22. The molecular weight excluding hydrogens is 244 g/mol. The molecule has 1 unspecified atom stereocenters. The van der Waals surface area contributed by atoms with Gasteiger partial charge in [0.1, 0.15) is 0 Å². The lowest BCUT2D eigenvalue weighted by Gasteiger charge is -2.34. The number of hydrogen-bond acceptors (Lipinski definition) is 3. The Kier molecular flexibility index (Phi) is 5.20. The fourth-order valence-electron chi connectivity index (χ4n) is 2.39. The van der Waals surface area contributed by atoms with Gasteiger partial charge in [0, 0.05) is 54.2 Å². The van der Waals surface area contributed by atoms with Crippen LogP contribution < -0.4 is 10.2 Å². The summed E-state index contributed by atoms with van der Waals surface area (Å²) in [7, 11) is -0.680. The van der Waals surface area contributed by atoms with Crippen molar-refractivity contribution in [3.8, 4) is 0 Å². The molecule has 0 amide bonds. The summed E-state index contributed by atoms with van der Waals surface area (Å²) in [5.74, 6) is 0.763. The fourth-order valence-corrected chi connectivity index (χ4v) is 2.79. The number of benzene rings is 1. The van der Waals surface area contributed by atoms with Crippen LogP contribution in [0.1, 0.15) is 12.8 Å². The van der Waals surface area contributed by atoms with Crippen molar-refractivity contribution in [2.24, 2.45) is 0 Å². The number of para-hydroxylation sites is 1. The maximum atomic E-state index is 11.0. The van der Waals surface area contributed by atoms with Crippen molar-refractivity contribution < 1.29 is 4.21 Å². The van der Waals surface area contributed by atoms with E-state index in [4.69, 9.17) is 0 Å². The van der Waals surface area contributed by atoms with Crippen LogP contribution in [-0.4, -0.2) is 41.9 Å². The Morgan fingerprint density at radius 2 is 1.94 bits per heavy atom. The van der Waals surface area contributed by atoms with Gasteiger partial charge >= 0.3 is 0 Å². The molecule has 0 spiro atoms. The quantitative estimate of drug-likeness (QED) is 0.879. The molecule has 18 heavy (non-hydrogen) atoms. The zero-order valence-electron chi connectivity index (χ0n) is 11.0. The van der Waals surface area contributed by atoms with Crippen LogP contribution in [0.3, 0.4) is 0 Å². The number of hydrogen-bond donors (Lipinski definition) is 1. The van der Waals surface area contributed by atoms with Crippen molar-refractivity contribution in [2.45, 2.75) is 18.9 Å². The van der Waals surface area contributed by atoms with E-state index in [0.29, 0.717) is 6.04 Å². The van der Waals surface area contributed by atoms with Crippen LogP contribution in [0, 0.1) is 0 Å². The van der Waals surface area contributed by atoms with E-state index in [2.05, 4.69) is 40.5 Å². The minimum absolute atomic E-state index is 0.591. The smallest absolute Gasteiger partial charge is 0.0366 e. The van der Waals surface area contributed by atoms with Crippen LogP contribution in [0.25, 0.3) is 0 Å². The largest absolute Gasteiger partial charge is 0.371 e. The predicted molar refractivity (Wildman–Crippen MR) is 78.6 cm³/mol. The maximum Gasteiger partial charge on any atom is 0.0366 e. The van der Waals surface area contributed by atoms with E-state index in [1.54, 1.807) is 6.26 Å². The number of nitrogens with one attached hydrogen (secondary N) is 1. The Labute approximate surface area is 112 Å². The molecule has 1 aromatic carbocycles. The number of anilines is 1. The normalized spacial score (nSPS) is 18.8. The molecule has 1 aromatic rings. The van der Waals surface area contributed by atoms with Crippen molar-refractivity contribution in [1.82, 2.24) is 5.32 Å². The molecule has 1 atom stereocenters. The molecule has 1 aliphatic rings. The van der Waals surface area contributed by atoms with E-state index in [-0.39, 0.29) is 0 Å². The topological polar surface area (TPSA) is 32.3 Å². The second-order valence-corrected chi connectivity index (χ2v) is 6.38. The molecule has 0 radical (unpaired) electrons. The number of rotatable bonds is 5. The van der Waals surface area contributed by atoms with Crippen LogP contribution in [0.4, 0.5) is 5.69 Å². The Morgan fingerprint density at radius 1 is 1.28 bits per heavy atom. The minimum Gasteiger partial charge on any atom is -0.371 e. The molecule has 0 aromatic heterocycles. The van der Waals surface area contributed by atoms with Crippen LogP contribution in [0.2, 0.25) is 0 Å². The molecule has 0 saturated carbocycles. The zero-order valence-corrected chi connectivity index (χ0v) is 11.8. The molecule has 100 valence electrons. The van der Waals surface area contributed by atoms with Gasteiger partial charge in [0.2, 0.25) is 0 Å². The van der Waals surface area contributed by atoms with Crippen LogP contribution >= 0.6 is 0 Å². The van der Waals surface area contributed by atoms with Gasteiger partial charge in [0.25, 0.3) is 0 Å². The third-order valence-electron chi connectivity index (χ3n) is 3.44. The van der Waals surface area contributed by atoms with E-state index >= 15 is 0 Å². The highest BCUT2D eigenvalue weighted by Crippen LogP contribution is 2.19. The van der Waals surface area contributed by atoms with Gasteiger partial charge in [0.05, 0.1) is 0 Å². The molecule has 3 nitrogen and oxygen atoms in total.